The molecule has 0 spiro atoms. The lowest BCUT2D eigenvalue weighted by atomic mass is 11.1. The van der Waals surface area contributed by atoms with Crippen LogP contribution >= 0.6 is 0 Å². The highest BCUT2D eigenvalue weighted by atomic mass is 32.1. The summed E-state index contributed by atoms with van der Waals surface area (Å²) in [5.41, 5.74) is 9.39. The summed E-state index contributed by atoms with van der Waals surface area (Å²) < 4.78 is 0. The van der Waals surface area contributed by atoms with Gasteiger partial charge in [0.15, 0.2) is 0 Å². The van der Waals surface area contributed by atoms with E-state index in [1.807, 2.05) is 0 Å². The van der Waals surface area contributed by atoms with Crippen LogP contribution in [-0.4, -0.2) is 5.96 Å². The van der Waals surface area contributed by atoms with Gasteiger partial charge in [0.1, 0.15) is 0 Å². The van der Waals surface area contributed by atoms with Crippen LogP contribution in [0.1, 0.15) is 0 Å². The van der Waals surface area contributed by atoms with Gasteiger partial charge in [0, 0.05) is 0 Å². The molecule has 0 saturated carbocycles. The summed E-state index contributed by atoms with van der Waals surface area (Å²) in [5.74, 6) is 4.42. The molecule has 8 heavy (non-hydrogen) atoms. The third-order valence-electron chi connectivity index (χ3n) is 0.149. The van der Waals surface area contributed by atoms with Crippen molar-refractivity contribution in [1.82, 2.24) is 0 Å². The molecule has 0 amide bonds. The predicted octanol–water partition coefficient (Wildman–Crippen LogP) is -1.85. The first-order chi connectivity index (χ1) is 3.68. The molecule has 0 saturated heterocycles. The van der Waals surface area contributed by atoms with Gasteiger partial charge in [-0.2, -0.15) is 0 Å². The minimum atomic E-state index is -0.0926. The van der Waals surface area contributed by atoms with Crippen LogP contribution in [0.5, 0.6) is 0 Å². The fourth-order valence-corrected chi connectivity index (χ4v) is 0. The molecule has 0 unspecified atom stereocenters. The SMILES string of the molecule is N#C[S-].NN=C(N)N. The van der Waals surface area contributed by atoms with E-state index in [0.717, 1.165) is 0 Å². The molecular weight excluding hydrogens is 126 g/mol. The summed E-state index contributed by atoms with van der Waals surface area (Å²) in [6.07, 6.45) is 0. The summed E-state index contributed by atoms with van der Waals surface area (Å²) in [6, 6.07) is 0. The van der Waals surface area contributed by atoms with E-state index in [0.29, 0.717) is 0 Å². The number of nitrogens with two attached hydrogens (primary N) is 3. The van der Waals surface area contributed by atoms with Crippen molar-refractivity contribution in [3.8, 4) is 5.40 Å². The molecule has 0 aliphatic heterocycles. The standard InChI is InChI=1S/CH6N4.CHNS/c2-1(3)5-4;2-1-3/h4H2,(H4,2,3,5);3H/p-1. The van der Waals surface area contributed by atoms with Crippen LogP contribution in [0.4, 0.5) is 0 Å². The van der Waals surface area contributed by atoms with Crippen LogP contribution in [0, 0.1) is 10.7 Å². The van der Waals surface area contributed by atoms with Gasteiger partial charge in [0.05, 0.1) is 0 Å². The van der Waals surface area contributed by atoms with Crippen LogP contribution in [-0.2, 0) is 12.6 Å². The van der Waals surface area contributed by atoms with Gasteiger partial charge in [-0.05, 0) is 0 Å². The largest absolute Gasteiger partial charge is 0.696 e. The lowest BCUT2D eigenvalue weighted by Crippen LogP contribution is -2.23. The van der Waals surface area contributed by atoms with Crippen molar-refractivity contribution in [2.75, 3.05) is 0 Å². The van der Waals surface area contributed by atoms with Crippen molar-refractivity contribution in [3.05, 3.63) is 0 Å². The smallest absolute Gasteiger partial charge is 0.208 e. The average Bonchev–Trinajstić information content (AvgIpc) is 1.69. The maximum absolute atomic E-state index is 7.13. The Bertz CT molecular complexity index is 97.5. The number of nitrogens with zero attached hydrogens (tertiary/aromatic N) is 2. The zero-order valence-electron chi connectivity index (χ0n) is 4.03. The fourth-order valence-electron chi connectivity index (χ4n) is 0. The molecule has 0 heterocycles. The van der Waals surface area contributed by atoms with E-state index in [4.69, 9.17) is 16.7 Å². The summed E-state index contributed by atoms with van der Waals surface area (Å²) in [6.45, 7) is 0. The Labute approximate surface area is 52.5 Å². The van der Waals surface area contributed by atoms with Crippen molar-refractivity contribution in [1.29, 1.82) is 5.26 Å². The number of thiocyanates is 1. The van der Waals surface area contributed by atoms with Crippen molar-refractivity contribution in [2.45, 2.75) is 0 Å². The molecule has 0 rings (SSSR count). The molecule has 0 fully saturated rings. The van der Waals surface area contributed by atoms with Crippen molar-refractivity contribution < 1.29 is 0 Å². The first-order valence-electron chi connectivity index (χ1n) is 1.49. The highest BCUT2D eigenvalue weighted by molar-refractivity contribution is 7.64. The van der Waals surface area contributed by atoms with Crippen LogP contribution in [0.2, 0.25) is 0 Å². The maximum Gasteiger partial charge on any atom is 0.208 e. The molecule has 0 aromatic carbocycles. The lowest BCUT2D eigenvalue weighted by Gasteiger charge is -1.76. The van der Waals surface area contributed by atoms with Gasteiger partial charge >= 0.3 is 0 Å². The molecule has 0 bridgehead atoms. The molecule has 0 aromatic rings. The minimum absolute atomic E-state index is 0.0926. The maximum atomic E-state index is 7.13. The Morgan fingerprint density at radius 1 is 1.62 bits per heavy atom. The molecule has 0 atom stereocenters. The van der Waals surface area contributed by atoms with Gasteiger partial charge < -0.3 is 29.9 Å². The molecular formula is C2H6N5S-. The summed E-state index contributed by atoms with van der Waals surface area (Å²) in [4.78, 5) is 0. The third kappa shape index (κ3) is 112. The van der Waals surface area contributed by atoms with Crippen molar-refractivity contribution in [3.63, 3.8) is 0 Å². The molecule has 6 heteroatoms. The number of hydrogen-bond acceptors (Lipinski definition) is 4. The molecule has 5 nitrogen and oxygen atoms in total. The van der Waals surface area contributed by atoms with E-state index in [1.54, 1.807) is 0 Å². The zero-order chi connectivity index (χ0) is 6.99. The number of rotatable bonds is 0. The molecule has 0 aliphatic rings. The van der Waals surface area contributed by atoms with Gasteiger partial charge in [-0.25, -0.2) is 5.26 Å². The predicted molar refractivity (Wildman–Crippen MR) is 33.0 cm³/mol. The second kappa shape index (κ2) is 9.24. The van der Waals surface area contributed by atoms with Crippen LogP contribution in [0.3, 0.4) is 0 Å². The molecule has 46 valence electrons. The summed E-state index contributed by atoms with van der Waals surface area (Å²) in [5, 5.41) is 11.3. The highest BCUT2D eigenvalue weighted by Crippen LogP contribution is 1.31. The third-order valence-corrected chi connectivity index (χ3v) is 0.149. The second-order valence-electron chi connectivity index (χ2n) is 0.645. The number of guanidine groups is 1. The normalized spacial score (nSPS) is 4.88. The summed E-state index contributed by atoms with van der Waals surface area (Å²) >= 11 is 3.70. The van der Waals surface area contributed by atoms with E-state index in [2.05, 4.69) is 23.6 Å². The fraction of sp³-hybridized carbons (Fsp3) is 0. The monoisotopic (exact) mass is 132 g/mol. The van der Waals surface area contributed by atoms with Gasteiger partial charge in [0.2, 0.25) is 5.96 Å². The van der Waals surface area contributed by atoms with E-state index in [9.17, 15) is 0 Å². The Morgan fingerprint density at radius 3 is 1.75 bits per heavy atom. The molecule has 0 aliphatic carbocycles. The Kier molecular flexibility index (Phi) is 11.5. The Hall–Kier alpha value is -1.22. The number of nitriles is 1. The van der Waals surface area contributed by atoms with Crippen LogP contribution < -0.4 is 17.3 Å². The van der Waals surface area contributed by atoms with E-state index in [1.165, 1.54) is 5.40 Å². The summed E-state index contributed by atoms with van der Waals surface area (Å²) in [7, 11) is 0. The van der Waals surface area contributed by atoms with Crippen molar-refractivity contribution >= 4 is 18.6 Å². The van der Waals surface area contributed by atoms with E-state index >= 15 is 0 Å². The quantitative estimate of drug-likeness (QED) is 0.0893. The lowest BCUT2D eigenvalue weighted by molar-refractivity contribution is 1.21. The first-order valence-corrected chi connectivity index (χ1v) is 1.90. The zero-order valence-corrected chi connectivity index (χ0v) is 4.85. The highest BCUT2D eigenvalue weighted by Gasteiger charge is 1.62. The molecule has 0 radical (unpaired) electrons. The Balaban J connectivity index is 0. The topological polar surface area (TPSA) is 114 Å². The number of hydrogen-bond donors (Lipinski definition) is 3. The Morgan fingerprint density at radius 2 is 1.75 bits per heavy atom. The van der Waals surface area contributed by atoms with Crippen LogP contribution in [0.25, 0.3) is 0 Å². The van der Waals surface area contributed by atoms with E-state index < -0.39 is 0 Å². The average molecular weight is 132 g/mol. The number of hydrazone groups is 1. The van der Waals surface area contributed by atoms with E-state index in [-0.39, 0.29) is 5.96 Å². The second-order valence-corrected chi connectivity index (χ2v) is 0.828. The van der Waals surface area contributed by atoms with Gasteiger partial charge in [0.25, 0.3) is 0 Å². The van der Waals surface area contributed by atoms with Gasteiger partial charge in [-0.15, -0.1) is 5.10 Å². The van der Waals surface area contributed by atoms with Gasteiger partial charge in [-0.3, -0.25) is 0 Å². The molecule has 6 N–H and O–H groups in total. The van der Waals surface area contributed by atoms with Gasteiger partial charge in [-0.1, -0.05) is 5.40 Å². The van der Waals surface area contributed by atoms with Crippen molar-refractivity contribution in [2.24, 2.45) is 22.4 Å². The molecule has 0 aromatic heterocycles. The van der Waals surface area contributed by atoms with Crippen LogP contribution in [0.15, 0.2) is 5.10 Å². The first kappa shape index (κ1) is 9.91. The minimum Gasteiger partial charge on any atom is -0.696 e.